The van der Waals surface area contributed by atoms with Crippen LogP contribution >= 0.6 is 47.2 Å². The van der Waals surface area contributed by atoms with Gasteiger partial charge in [-0.3, -0.25) is 9.69 Å². The van der Waals surface area contributed by atoms with Crippen LogP contribution in [-0.2, 0) is 4.79 Å². The first-order chi connectivity index (χ1) is 13.3. The lowest BCUT2D eigenvalue weighted by molar-refractivity contribution is -0.121. The predicted molar refractivity (Wildman–Crippen MR) is 120 cm³/mol. The van der Waals surface area contributed by atoms with Crippen molar-refractivity contribution in [3.63, 3.8) is 0 Å². The maximum atomic E-state index is 12.1. The molecule has 0 bridgehead atoms. The molecule has 0 radical (unpaired) electrons. The molecule has 1 fully saturated rings. The lowest BCUT2D eigenvalue weighted by Gasteiger charge is -2.12. The number of thioether (sulfide) groups is 1. The molecule has 4 nitrogen and oxygen atoms in total. The number of rotatable bonds is 6. The van der Waals surface area contributed by atoms with Crippen LogP contribution in [0.2, 0.25) is 10.0 Å². The van der Waals surface area contributed by atoms with Crippen LogP contribution in [0.25, 0.3) is 6.08 Å². The molecule has 0 spiro atoms. The summed E-state index contributed by atoms with van der Waals surface area (Å²) in [6.07, 6.45) is 1.71. The van der Waals surface area contributed by atoms with Crippen molar-refractivity contribution < 1.29 is 14.3 Å². The molecule has 2 aromatic carbocycles. The van der Waals surface area contributed by atoms with Gasteiger partial charge in [0.05, 0.1) is 15.0 Å². The fraction of sp³-hybridized carbons (Fsp3) is 0.200. The molecular weight excluding hydrogens is 437 g/mol. The molecule has 1 saturated heterocycles. The number of aryl methyl sites for hydroxylation is 1. The van der Waals surface area contributed by atoms with Gasteiger partial charge in [-0.2, -0.15) is 0 Å². The van der Waals surface area contributed by atoms with Crippen molar-refractivity contribution in [1.82, 2.24) is 4.90 Å². The first-order valence-corrected chi connectivity index (χ1v) is 10.4. The summed E-state index contributed by atoms with van der Waals surface area (Å²) in [6.45, 7) is 2.67. The number of halogens is 2. The molecule has 8 heteroatoms. The van der Waals surface area contributed by atoms with Crippen LogP contribution < -0.4 is 9.47 Å². The van der Waals surface area contributed by atoms with Crippen LogP contribution in [0.3, 0.4) is 0 Å². The number of nitrogens with zero attached hydrogens (tertiary/aromatic N) is 1. The van der Waals surface area contributed by atoms with E-state index in [1.807, 2.05) is 31.2 Å². The minimum absolute atomic E-state index is 0.143. The van der Waals surface area contributed by atoms with E-state index in [1.54, 1.807) is 25.3 Å². The normalized spacial score (nSPS) is 15.4. The number of hydrogen-bond acceptors (Lipinski definition) is 5. The van der Waals surface area contributed by atoms with E-state index in [9.17, 15) is 4.79 Å². The summed E-state index contributed by atoms with van der Waals surface area (Å²) < 4.78 is 11.8. The maximum absolute atomic E-state index is 12.1. The van der Waals surface area contributed by atoms with Crippen LogP contribution in [0.4, 0.5) is 0 Å². The van der Waals surface area contributed by atoms with Crippen molar-refractivity contribution in [3.8, 4) is 11.5 Å². The topological polar surface area (TPSA) is 38.8 Å². The molecule has 28 heavy (non-hydrogen) atoms. The zero-order valence-electron chi connectivity index (χ0n) is 15.2. The van der Waals surface area contributed by atoms with Crippen LogP contribution in [-0.4, -0.2) is 35.4 Å². The SMILES string of the molecule is Cc1ccc(OCCOc2c(Cl)cc(/C=C3\SC(=S)N(C)C3=O)cc2Cl)cc1. The number of thiocarbonyl (C=S) groups is 1. The molecule has 1 aliphatic heterocycles. The first kappa shape index (κ1) is 21.0. The van der Waals surface area contributed by atoms with E-state index in [0.29, 0.717) is 43.8 Å². The van der Waals surface area contributed by atoms with E-state index in [-0.39, 0.29) is 5.91 Å². The van der Waals surface area contributed by atoms with Crippen LogP contribution in [0, 0.1) is 6.92 Å². The summed E-state index contributed by atoms with van der Waals surface area (Å²) in [5, 5.41) is 0.724. The van der Waals surface area contributed by atoms with Crippen LogP contribution in [0.15, 0.2) is 41.3 Å². The number of hydrogen-bond donors (Lipinski definition) is 0. The standard InChI is InChI=1S/C20H17Cl2NO3S2/c1-12-3-5-14(6-4-12)25-7-8-26-18-15(21)9-13(10-16(18)22)11-17-19(24)23(2)20(27)28-17/h3-6,9-11H,7-8H2,1-2H3/b17-11-. The zero-order chi connectivity index (χ0) is 20.3. The van der Waals surface area contributed by atoms with Crippen molar-refractivity contribution >= 4 is 63.5 Å². The Morgan fingerprint density at radius 1 is 1.11 bits per heavy atom. The summed E-state index contributed by atoms with van der Waals surface area (Å²) in [5.74, 6) is 1.02. The summed E-state index contributed by atoms with van der Waals surface area (Å²) in [6, 6.07) is 11.2. The van der Waals surface area contributed by atoms with Crippen molar-refractivity contribution in [2.24, 2.45) is 0 Å². The molecule has 1 amide bonds. The Morgan fingerprint density at radius 3 is 2.29 bits per heavy atom. The monoisotopic (exact) mass is 453 g/mol. The van der Waals surface area contributed by atoms with E-state index >= 15 is 0 Å². The fourth-order valence-electron chi connectivity index (χ4n) is 2.44. The Hall–Kier alpha value is -1.73. The number of carbonyl (C=O) groups excluding carboxylic acids is 1. The van der Waals surface area contributed by atoms with Crippen molar-refractivity contribution in [1.29, 1.82) is 0 Å². The van der Waals surface area contributed by atoms with Crippen LogP contribution in [0.1, 0.15) is 11.1 Å². The van der Waals surface area contributed by atoms with Gasteiger partial charge < -0.3 is 9.47 Å². The molecule has 0 aliphatic carbocycles. The molecule has 146 valence electrons. The molecule has 0 atom stereocenters. The van der Waals surface area contributed by atoms with E-state index in [4.69, 9.17) is 44.9 Å². The summed E-state index contributed by atoms with van der Waals surface area (Å²) in [5.41, 5.74) is 1.87. The van der Waals surface area contributed by atoms with Gasteiger partial charge in [-0.25, -0.2) is 0 Å². The molecule has 1 heterocycles. The molecule has 0 N–H and O–H groups in total. The van der Waals surface area contributed by atoms with Gasteiger partial charge in [0.15, 0.2) is 5.75 Å². The number of ether oxygens (including phenoxy) is 2. The van der Waals surface area contributed by atoms with Gasteiger partial charge in [-0.05, 0) is 42.8 Å². The van der Waals surface area contributed by atoms with Crippen molar-refractivity contribution in [3.05, 3.63) is 62.5 Å². The molecule has 0 unspecified atom stereocenters. The summed E-state index contributed by atoms with van der Waals surface area (Å²) in [7, 11) is 1.65. The number of amides is 1. The minimum Gasteiger partial charge on any atom is -0.490 e. The van der Waals surface area contributed by atoms with E-state index < -0.39 is 0 Å². The third kappa shape index (κ3) is 5.00. The van der Waals surface area contributed by atoms with Crippen molar-refractivity contribution in [2.75, 3.05) is 20.3 Å². The highest BCUT2D eigenvalue weighted by Gasteiger charge is 2.28. The van der Waals surface area contributed by atoms with Crippen LogP contribution in [0.5, 0.6) is 11.5 Å². The second-order valence-electron chi connectivity index (χ2n) is 6.06. The Morgan fingerprint density at radius 2 is 1.71 bits per heavy atom. The third-order valence-corrected chi connectivity index (χ3v) is 5.97. The van der Waals surface area contributed by atoms with E-state index in [1.165, 1.54) is 22.2 Å². The third-order valence-electron chi connectivity index (χ3n) is 3.92. The molecular formula is C20H17Cl2NO3S2. The average Bonchev–Trinajstić information content (AvgIpc) is 2.89. The second kappa shape index (κ2) is 9.18. The minimum atomic E-state index is -0.143. The quantitative estimate of drug-likeness (QED) is 0.323. The summed E-state index contributed by atoms with van der Waals surface area (Å²) >= 11 is 19.0. The van der Waals surface area contributed by atoms with E-state index in [2.05, 4.69) is 0 Å². The van der Waals surface area contributed by atoms with Gasteiger partial charge in [-0.1, -0.05) is 64.9 Å². The van der Waals surface area contributed by atoms with Gasteiger partial charge in [-0.15, -0.1) is 0 Å². The van der Waals surface area contributed by atoms with Gasteiger partial charge in [0.1, 0.15) is 23.3 Å². The zero-order valence-corrected chi connectivity index (χ0v) is 18.3. The number of likely N-dealkylation sites (N-methyl/N-ethyl adjacent to an activating group) is 1. The Bertz CT molecular complexity index is 922. The number of benzene rings is 2. The highest BCUT2D eigenvalue weighted by molar-refractivity contribution is 8.26. The molecule has 2 aromatic rings. The molecule has 3 rings (SSSR count). The lowest BCUT2D eigenvalue weighted by Crippen LogP contribution is -2.22. The Balaban J connectivity index is 1.63. The number of carbonyl (C=O) groups is 1. The van der Waals surface area contributed by atoms with E-state index in [0.717, 1.165) is 5.75 Å². The van der Waals surface area contributed by atoms with Gasteiger partial charge in [0.25, 0.3) is 5.91 Å². The van der Waals surface area contributed by atoms with Crippen molar-refractivity contribution in [2.45, 2.75) is 6.92 Å². The molecule has 1 aliphatic rings. The summed E-state index contributed by atoms with van der Waals surface area (Å²) in [4.78, 5) is 14.1. The van der Waals surface area contributed by atoms with Gasteiger partial charge >= 0.3 is 0 Å². The fourth-order valence-corrected chi connectivity index (χ4v) is 4.23. The molecule has 0 saturated carbocycles. The van der Waals surface area contributed by atoms with Gasteiger partial charge in [0, 0.05) is 7.05 Å². The Labute approximate surface area is 183 Å². The smallest absolute Gasteiger partial charge is 0.265 e. The average molecular weight is 454 g/mol. The van der Waals surface area contributed by atoms with Gasteiger partial charge in [0.2, 0.25) is 0 Å². The highest BCUT2D eigenvalue weighted by Crippen LogP contribution is 2.37. The predicted octanol–water partition coefficient (Wildman–Crippen LogP) is 5.59. The molecule has 0 aromatic heterocycles. The highest BCUT2D eigenvalue weighted by atomic mass is 35.5. The first-order valence-electron chi connectivity index (χ1n) is 8.38. The largest absolute Gasteiger partial charge is 0.490 e. The lowest BCUT2D eigenvalue weighted by atomic mass is 10.2. The second-order valence-corrected chi connectivity index (χ2v) is 8.55. The Kier molecular flexibility index (Phi) is 6.88. The maximum Gasteiger partial charge on any atom is 0.265 e.